The number of nitrogens with one attached hydrogen (secondary N) is 1. The van der Waals surface area contributed by atoms with E-state index in [2.05, 4.69) is 225 Å². The Kier molecular flexibility index (Phi) is 15.0. The molecule has 0 spiro atoms. The van der Waals surface area contributed by atoms with Gasteiger partial charge in [-0.1, -0.05) is 110 Å². The highest BCUT2D eigenvalue weighted by molar-refractivity contribution is 5.98. The van der Waals surface area contributed by atoms with Crippen LogP contribution >= 0.6 is 0 Å². The number of aryl methyl sites for hydroxylation is 2. The third-order valence-electron chi connectivity index (χ3n) is 14.1. The minimum Gasteiger partial charge on any atom is -0.460 e. The van der Waals surface area contributed by atoms with Gasteiger partial charge in [0.2, 0.25) is 0 Å². The van der Waals surface area contributed by atoms with E-state index in [0.717, 1.165) is 69.1 Å². The van der Waals surface area contributed by atoms with Crippen LogP contribution < -0.4 is 15.1 Å². The van der Waals surface area contributed by atoms with Crippen LogP contribution in [0.4, 0.5) is 28.4 Å². The summed E-state index contributed by atoms with van der Waals surface area (Å²) in [5.41, 5.74) is 11.1. The summed E-state index contributed by atoms with van der Waals surface area (Å²) in [4.78, 5) is 19.2. The average Bonchev–Trinajstić information content (AvgIpc) is 3.29. The van der Waals surface area contributed by atoms with Gasteiger partial charge in [0.1, 0.15) is 6.10 Å². The number of ether oxygens (including phenoxy) is 1. The van der Waals surface area contributed by atoms with Crippen LogP contribution in [0.25, 0.3) is 10.8 Å². The molecule has 3 atom stereocenters. The maximum Gasteiger partial charge on any atom is 0.312 e. The Morgan fingerprint density at radius 3 is 1.59 bits per heavy atom. The van der Waals surface area contributed by atoms with E-state index in [1.165, 1.54) is 61.9 Å². The molecule has 0 saturated heterocycles. The third-order valence-corrected chi connectivity index (χ3v) is 14.1. The lowest BCUT2D eigenvalue weighted by Crippen LogP contribution is -2.48. The van der Waals surface area contributed by atoms with Crippen molar-refractivity contribution in [2.75, 3.05) is 28.2 Å². The summed E-state index contributed by atoms with van der Waals surface area (Å²) in [6, 6.07) is 49.1. The molecule has 7 rings (SSSR count). The number of carbonyl (C=O) groups is 1. The number of anilines is 5. The highest BCUT2D eigenvalue weighted by Gasteiger charge is 2.49. The van der Waals surface area contributed by atoms with E-state index in [9.17, 15) is 4.79 Å². The number of carbonyl (C=O) groups excluding carboxylic acids is 1. The fourth-order valence-electron chi connectivity index (χ4n) is 10.3. The molecule has 0 radical (unpaired) electrons. The number of esters is 1. The molecule has 0 heterocycles. The van der Waals surface area contributed by atoms with Gasteiger partial charge in [-0.15, -0.1) is 0 Å². The van der Waals surface area contributed by atoms with Crippen LogP contribution in [0.3, 0.4) is 0 Å². The first-order chi connectivity index (χ1) is 31.5. The lowest BCUT2D eigenvalue weighted by molar-refractivity contribution is -0.172. The highest BCUT2D eigenvalue weighted by Crippen LogP contribution is 2.48. The quantitative estimate of drug-likeness (QED) is 0.0596. The molecule has 1 fully saturated rings. The summed E-state index contributed by atoms with van der Waals surface area (Å²) in [5.74, 6) is 1.12. The van der Waals surface area contributed by atoms with Gasteiger partial charge in [-0.25, -0.2) is 0 Å². The minimum absolute atomic E-state index is 0.0120. The Hall–Kier alpha value is -5.68. The predicted molar refractivity (Wildman–Crippen MR) is 282 cm³/mol. The van der Waals surface area contributed by atoms with E-state index in [-0.39, 0.29) is 28.9 Å². The fraction of sp³-hybridized carbons (Fsp3) is 0.410. The van der Waals surface area contributed by atoms with Crippen LogP contribution in [0.15, 0.2) is 133 Å². The Labute approximate surface area is 398 Å². The monoisotopic (exact) mass is 883 g/mol. The second kappa shape index (κ2) is 20.5. The molecule has 6 aromatic carbocycles. The van der Waals surface area contributed by atoms with Crippen molar-refractivity contribution in [2.24, 2.45) is 16.2 Å². The summed E-state index contributed by atoms with van der Waals surface area (Å²) in [6.45, 7) is 26.1. The number of para-hydroxylation sites is 2. The summed E-state index contributed by atoms with van der Waals surface area (Å²) in [7, 11) is 0. The molecule has 66 heavy (non-hydrogen) atoms. The van der Waals surface area contributed by atoms with Crippen molar-refractivity contribution in [1.29, 1.82) is 0 Å². The molecule has 1 N–H and O–H groups in total. The van der Waals surface area contributed by atoms with Crippen molar-refractivity contribution in [3.8, 4) is 0 Å². The fourth-order valence-corrected chi connectivity index (χ4v) is 10.3. The highest BCUT2D eigenvalue weighted by atomic mass is 16.5. The molecule has 1 aliphatic carbocycles. The lowest BCUT2D eigenvalue weighted by Gasteiger charge is -2.45. The van der Waals surface area contributed by atoms with Gasteiger partial charge < -0.3 is 19.9 Å². The van der Waals surface area contributed by atoms with Gasteiger partial charge in [-0.05, 0) is 166 Å². The maximum atomic E-state index is 14.4. The Morgan fingerprint density at radius 2 is 1.11 bits per heavy atom. The van der Waals surface area contributed by atoms with E-state index in [1.54, 1.807) is 0 Å². The SMILES string of the molecule is CCCN(c1ccc([C+](c2ccc(N(CCC)c3ccccc3C)cc2)c2ccc(NC3CCCCC3OC(=O)C(C)(CC(C)(C)C)C(C)(C)C)c3ccccc23)cc1)c1ccccc1C. The average molecular weight is 883 g/mol. The Morgan fingerprint density at radius 1 is 0.621 bits per heavy atom. The molecule has 0 aliphatic heterocycles. The third kappa shape index (κ3) is 10.6. The molecule has 346 valence electrons. The van der Waals surface area contributed by atoms with Crippen molar-refractivity contribution in [1.82, 2.24) is 0 Å². The first-order valence-electron chi connectivity index (χ1n) is 24.8. The first kappa shape index (κ1) is 48.3. The van der Waals surface area contributed by atoms with E-state index >= 15 is 0 Å². The Balaban J connectivity index is 1.28. The normalized spacial score (nSPS) is 16.3. The van der Waals surface area contributed by atoms with Gasteiger partial charge in [0.25, 0.3) is 0 Å². The zero-order valence-corrected chi connectivity index (χ0v) is 41.9. The number of hydrogen-bond donors (Lipinski definition) is 1. The Bertz CT molecular complexity index is 2450. The smallest absolute Gasteiger partial charge is 0.312 e. The van der Waals surface area contributed by atoms with Crippen LogP contribution in [0.2, 0.25) is 0 Å². The molecule has 5 nitrogen and oxygen atoms in total. The van der Waals surface area contributed by atoms with Gasteiger partial charge in [-0.3, -0.25) is 4.79 Å². The molecule has 0 bridgehead atoms. The maximum absolute atomic E-state index is 14.4. The number of nitrogens with zero attached hydrogens (tertiary/aromatic N) is 2. The van der Waals surface area contributed by atoms with Crippen molar-refractivity contribution in [3.05, 3.63) is 167 Å². The van der Waals surface area contributed by atoms with Crippen LogP contribution in [-0.4, -0.2) is 31.2 Å². The molecule has 0 amide bonds. The van der Waals surface area contributed by atoms with Crippen LogP contribution in [-0.2, 0) is 9.53 Å². The zero-order valence-electron chi connectivity index (χ0n) is 41.9. The largest absolute Gasteiger partial charge is 0.460 e. The second-order valence-corrected chi connectivity index (χ2v) is 21.3. The topological polar surface area (TPSA) is 44.8 Å². The number of rotatable bonds is 16. The number of fused-ring (bicyclic) bond motifs is 1. The lowest BCUT2D eigenvalue weighted by atomic mass is 9.61. The predicted octanol–water partition coefficient (Wildman–Crippen LogP) is 16.3. The van der Waals surface area contributed by atoms with Crippen LogP contribution in [0.5, 0.6) is 0 Å². The molecular formula is C61H76N3O2+. The van der Waals surface area contributed by atoms with Gasteiger partial charge in [-0.2, -0.15) is 0 Å². The van der Waals surface area contributed by atoms with Crippen molar-refractivity contribution >= 4 is 45.2 Å². The molecule has 1 saturated carbocycles. The first-order valence-corrected chi connectivity index (χ1v) is 24.8. The van der Waals surface area contributed by atoms with E-state index in [1.807, 2.05) is 0 Å². The second-order valence-electron chi connectivity index (χ2n) is 21.3. The molecule has 5 heteroatoms. The standard InChI is InChI=1S/C61H76N3O2/c1-12-40-63(54-27-19-14-22-43(54)3)47-34-30-45(31-35-47)57(46-32-36-48(37-33-46)64(41-13-2)55-28-20-15-23-44(55)4)51-38-39-52(50-25-17-16-24-49(50)51)62-53-26-18-21-29-56(53)66-58(65)61(11,60(8,9)10)42-59(5,6)7/h14-17,19-20,22-25,27-28,30-39,53,56,62H,12-13,18,21,26,29,40-42H2,1-11H3/q+1. The summed E-state index contributed by atoms with van der Waals surface area (Å²) in [6.07, 6.45) is 6.61. The molecule has 3 unspecified atom stereocenters. The number of benzene rings is 6. The summed E-state index contributed by atoms with van der Waals surface area (Å²) >= 11 is 0. The van der Waals surface area contributed by atoms with Crippen LogP contribution in [0, 0.1) is 36.0 Å². The van der Waals surface area contributed by atoms with E-state index < -0.39 is 5.41 Å². The van der Waals surface area contributed by atoms with Gasteiger partial charge in [0.05, 0.1) is 51.1 Å². The van der Waals surface area contributed by atoms with Crippen molar-refractivity contribution in [3.63, 3.8) is 0 Å². The van der Waals surface area contributed by atoms with E-state index in [0.29, 0.717) is 0 Å². The van der Waals surface area contributed by atoms with Crippen LogP contribution in [0.1, 0.15) is 135 Å². The van der Waals surface area contributed by atoms with Gasteiger partial charge in [0.15, 0.2) is 0 Å². The molecule has 0 aromatic heterocycles. The summed E-state index contributed by atoms with van der Waals surface area (Å²) in [5, 5.41) is 6.31. The molecule has 6 aromatic rings. The van der Waals surface area contributed by atoms with Gasteiger partial charge >= 0.3 is 5.97 Å². The molecular weight excluding hydrogens is 807 g/mol. The van der Waals surface area contributed by atoms with Crippen molar-refractivity contribution < 1.29 is 9.53 Å². The summed E-state index contributed by atoms with van der Waals surface area (Å²) < 4.78 is 6.64. The van der Waals surface area contributed by atoms with Gasteiger partial charge in [0, 0.05) is 35.2 Å². The molecule has 1 aliphatic rings. The minimum atomic E-state index is -0.617. The van der Waals surface area contributed by atoms with Crippen molar-refractivity contribution in [2.45, 2.75) is 133 Å². The number of hydrogen-bond acceptors (Lipinski definition) is 5. The van der Waals surface area contributed by atoms with E-state index in [4.69, 9.17) is 4.74 Å². The zero-order chi connectivity index (χ0) is 47.2.